The van der Waals surface area contributed by atoms with Crippen molar-refractivity contribution in [3.63, 3.8) is 0 Å². The molecule has 0 amide bonds. The average Bonchev–Trinajstić information content (AvgIpc) is 2.98. The monoisotopic (exact) mass is 316 g/mol. The summed E-state index contributed by atoms with van der Waals surface area (Å²) in [5.74, 6) is -0.177. The Hall–Kier alpha value is -2.30. The summed E-state index contributed by atoms with van der Waals surface area (Å²) in [6.07, 6.45) is 5.00. The van der Waals surface area contributed by atoms with Crippen LogP contribution in [0.15, 0.2) is 30.3 Å². The zero-order valence-corrected chi connectivity index (χ0v) is 13.8. The van der Waals surface area contributed by atoms with Gasteiger partial charge in [-0.1, -0.05) is 26.7 Å². The van der Waals surface area contributed by atoms with Crippen LogP contribution in [0.3, 0.4) is 0 Å². The van der Waals surface area contributed by atoms with E-state index in [1.54, 1.807) is 10.7 Å². The number of ether oxygens (including phenoxy) is 1. The Bertz CT molecular complexity index is 632. The first-order valence-corrected chi connectivity index (χ1v) is 8.21. The molecule has 0 aliphatic rings. The number of carbonyl (C=O) groups is 1. The number of carboxylic acid groups (broad SMARTS) is 1. The van der Waals surface area contributed by atoms with Crippen molar-refractivity contribution in [2.24, 2.45) is 0 Å². The van der Waals surface area contributed by atoms with Gasteiger partial charge in [-0.25, -0.2) is 9.48 Å². The predicted molar refractivity (Wildman–Crippen MR) is 89.5 cm³/mol. The Morgan fingerprint density at radius 3 is 2.48 bits per heavy atom. The molecule has 0 aliphatic heterocycles. The molecule has 1 N–H and O–H groups in total. The molecule has 0 atom stereocenters. The number of aromatic carboxylic acids is 1. The maximum atomic E-state index is 11.2. The molecule has 0 aliphatic carbocycles. The number of aromatic nitrogens is 2. The molecule has 2 rings (SSSR count). The number of hydrogen-bond donors (Lipinski definition) is 1. The van der Waals surface area contributed by atoms with Gasteiger partial charge in [-0.15, -0.1) is 0 Å². The van der Waals surface area contributed by atoms with Crippen molar-refractivity contribution < 1.29 is 14.6 Å². The molecule has 1 aromatic carbocycles. The molecule has 0 unspecified atom stereocenters. The van der Waals surface area contributed by atoms with Crippen molar-refractivity contribution in [1.82, 2.24) is 9.78 Å². The Kier molecular flexibility index (Phi) is 6.20. The number of hydrogen-bond acceptors (Lipinski definition) is 3. The van der Waals surface area contributed by atoms with Crippen LogP contribution in [0.25, 0.3) is 5.69 Å². The highest BCUT2D eigenvalue weighted by Crippen LogP contribution is 2.19. The van der Waals surface area contributed by atoms with E-state index in [0.717, 1.165) is 49.2 Å². The number of carboxylic acids is 1. The summed E-state index contributed by atoms with van der Waals surface area (Å²) in [4.78, 5) is 11.2. The normalized spacial score (nSPS) is 10.7. The summed E-state index contributed by atoms with van der Waals surface area (Å²) in [6, 6.07) is 9.28. The van der Waals surface area contributed by atoms with Gasteiger partial charge >= 0.3 is 5.97 Å². The standard InChI is InChI=1S/C18H24N2O3/c1-3-5-7-15-13-17(18(21)22)19-20(15)14-8-10-16(11-9-14)23-12-6-4-2/h8-11,13H,3-7,12H2,1-2H3,(H,21,22). The number of benzene rings is 1. The SMILES string of the molecule is CCCCOc1ccc(-n2nc(C(=O)O)cc2CCCC)cc1. The van der Waals surface area contributed by atoms with E-state index in [0.29, 0.717) is 6.61 Å². The first-order valence-electron chi connectivity index (χ1n) is 8.21. The lowest BCUT2D eigenvalue weighted by Gasteiger charge is -2.09. The van der Waals surface area contributed by atoms with Crippen LogP contribution in [0.4, 0.5) is 0 Å². The zero-order valence-electron chi connectivity index (χ0n) is 13.8. The third-order valence-electron chi connectivity index (χ3n) is 3.64. The van der Waals surface area contributed by atoms with Crippen LogP contribution in [0, 0.1) is 0 Å². The van der Waals surface area contributed by atoms with Gasteiger partial charge < -0.3 is 9.84 Å². The fourth-order valence-corrected chi connectivity index (χ4v) is 2.30. The largest absolute Gasteiger partial charge is 0.494 e. The fourth-order valence-electron chi connectivity index (χ4n) is 2.30. The van der Waals surface area contributed by atoms with E-state index in [1.807, 2.05) is 24.3 Å². The van der Waals surface area contributed by atoms with E-state index in [2.05, 4.69) is 18.9 Å². The highest BCUT2D eigenvalue weighted by Gasteiger charge is 2.14. The molecule has 0 saturated heterocycles. The molecule has 124 valence electrons. The third kappa shape index (κ3) is 4.58. The van der Waals surface area contributed by atoms with E-state index in [1.165, 1.54) is 0 Å². The molecule has 0 radical (unpaired) electrons. The van der Waals surface area contributed by atoms with Gasteiger partial charge in [0.1, 0.15) is 5.75 Å². The van der Waals surface area contributed by atoms with Crippen LogP contribution in [-0.4, -0.2) is 27.5 Å². The van der Waals surface area contributed by atoms with Crippen molar-refractivity contribution in [3.8, 4) is 11.4 Å². The van der Waals surface area contributed by atoms with Gasteiger partial charge in [-0.2, -0.15) is 5.10 Å². The lowest BCUT2D eigenvalue weighted by molar-refractivity contribution is 0.0690. The minimum absolute atomic E-state index is 0.0828. The first-order chi connectivity index (χ1) is 11.2. The molecule has 0 bridgehead atoms. The van der Waals surface area contributed by atoms with Gasteiger partial charge in [-0.05, 0) is 49.6 Å². The Morgan fingerprint density at radius 2 is 1.87 bits per heavy atom. The van der Waals surface area contributed by atoms with Gasteiger partial charge in [0.05, 0.1) is 12.3 Å². The maximum Gasteiger partial charge on any atom is 0.356 e. The molecule has 0 spiro atoms. The molecule has 2 aromatic rings. The van der Waals surface area contributed by atoms with Crippen LogP contribution in [0.2, 0.25) is 0 Å². The average molecular weight is 316 g/mol. The molecule has 0 saturated carbocycles. The van der Waals surface area contributed by atoms with Crippen molar-refractivity contribution >= 4 is 5.97 Å². The minimum Gasteiger partial charge on any atom is -0.494 e. The van der Waals surface area contributed by atoms with Gasteiger partial charge in [0.25, 0.3) is 0 Å². The predicted octanol–water partition coefficient (Wildman–Crippen LogP) is 4.09. The quantitative estimate of drug-likeness (QED) is 0.708. The van der Waals surface area contributed by atoms with Crippen LogP contribution < -0.4 is 4.74 Å². The molecule has 5 heteroatoms. The van der Waals surface area contributed by atoms with Gasteiger partial charge in [-0.3, -0.25) is 0 Å². The number of unbranched alkanes of at least 4 members (excludes halogenated alkanes) is 2. The van der Waals surface area contributed by atoms with E-state index in [-0.39, 0.29) is 5.69 Å². The first kappa shape index (κ1) is 17.1. The summed E-state index contributed by atoms with van der Waals surface area (Å²) in [5.41, 5.74) is 1.86. The zero-order chi connectivity index (χ0) is 16.7. The van der Waals surface area contributed by atoms with E-state index >= 15 is 0 Å². The molecule has 0 fully saturated rings. The number of nitrogens with zero attached hydrogens (tertiary/aromatic N) is 2. The minimum atomic E-state index is -0.999. The molecule has 23 heavy (non-hydrogen) atoms. The lowest BCUT2D eigenvalue weighted by atomic mass is 10.2. The van der Waals surface area contributed by atoms with E-state index in [4.69, 9.17) is 9.84 Å². The summed E-state index contributed by atoms with van der Waals surface area (Å²) >= 11 is 0. The van der Waals surface area contributed by atoms with Crippen molar-refractivity contribution in [2.45, 2.75) is 46.0 Å². The fraction of sp³-hybridized carbons (Fsp3) is 0.444. The van der Waals surface area contributed by atoms with E-state index < -0.39 is 5.97 Å². The third-order valence-corrected chi connectivity index (χ3v) is 3.64. The Morgan fingerprint density at radius 1 is 1.17 bits per heavy atom. The Labute approximate surface area is 136 Å². The summed E-state index contributed by atoms with van der Waals surface area (Å²) in [6.45, 7) is 4.95. The van der Waals surface area contributed by atoms with Crippen LogP contribution >= 0.6 is 0 Å². The number of rotatable bonds is 9. The summed E-state index contributed by atoms with van der Waals surface area (Å²) < 4.78 is 7.37. The number of aryl methyl sites for hydroxylation is 1. The summed E-state index contributed by atoms with van der Waals surface area (Å²) in [5, 5.41) is 13.4. The van der Waals surface area contributed by atoms with Crippen molar-refractivity contribution in [2.75, 3.05) is 6.61 Å². The van der Waals surface area contributed by atoms with Crippen molar-refractivity contribution in [3.05, 3.63) is 41.7 Å². The van der Waals surface area contributed by atoms with E-state index in [9.17, 15) is 4.79 Å². The molecule has 1 aromatic heterocycles. The van der Waals surface area contributed by atoms with Gasteiger partial charge in [0, 0.05) is 5.69 Å². The van der Waals surface area contributed by atoms with Crippen LogP contribution in [0.5, 0.6) is 5.75 Å². The van der Waals surface area contributed by atoms with Gasteiger partial charge in [0.15, 0.2) is 5.69 Å². The summed E-state index contributed by atoms with van der Waals surface area (Å²) in [7, 11) is 0. The Balaban J connectivity index is 2.20. The smallest absolute Gasteiger partial charge is 0.356 e. The van der Waals surface area contributed by atoms with Crippen molar-refractivity contribution in [1.29, 1.82) is 0 Å². The molecular formula is C18H24N2O3. The molecular weight excluding hydrogens is 292 g/mol. The van der Waals surface area contributed by atoms with Crippen LogP contribution in [-0.2, 0) is 6.42 Å². The van der Waals surface area contributed by atoms with Crippen LogP contribution in [0.1, 0.15) is 55.7 Å². The molecule has 1 heterocycles. The second kappa shape index (κ2) is 8.36. The molecule has 5 nitrogen and oxygen atoms in total. The second-order valence-corrected chi connectivity index (χ2v) is 5.54. The highest BCUT2D eigenvalue weighted by atomic mass is 16.5. The maximum absolute atomic E-state index is 11.2. The lowest BCUT2D eigenvalue weighted by Crippen LogP contribution is -2.04. The topological polar surface area (TPSA) is 64.4 Å². The second-order valence-electron chi connectivity index (χ2n) is 5.54. The highest BCUT2D eigenvalue weighted by molar-refractivity contribution is 5.85. The van der Waals surface area contributed by atoms with Gasteiger partial charge in [0.2, 0.25) is 0 Å².